The van der Waals surface area contributed by atoms with Crippen molar-refractivity contribution in [2.45, 2.75) is 20.4 Å². The number of aromatic nitrogens is 5. The molecule has 7 heteroatoms. The number of nitrogens with one attached hydrogen (secondary N) is 1. The van der Waals surface area contributed by atoms with Gasteiger partial charge in [0.25, 0.3) is 0 Å². The molecule has 0 unspecified atom stereocenters. The molecule has 0 atom stereocenters. The minimum absolute atomic E-state index is 0.616. The van der Waals surface area contributed by atoms with Gasteiger partial charge in [-0.05, 0) is 48.1 Å². The smallest absolute Gasteiger partial charge is 0.223 e. The average molecular weight is 427 g/mol. The second-order valence-corrected chi connectivity index (χ2v) is 8.56. The molecule has 0 spiro atoms. The van der Waals surface area contributed by atoms with E-state index in [1.807, 2.05) is 12.3 Å². The molecule has 0 saturated heterocycles. The number of fused-ring (bicyclic) bond motifs is 1. The van der Waals surface area contributed by atoms with Crippen molar-refractivity contribution in [2.24, 2.45) is 0 Å². The van der Waals surface area contributed by atoms with Crippen molar-refractivity contribution in [1.29, 1.82) is 0 Å². The van der Waals surface area contributed by atoms with Crippen LogP contribution in [0.2, 0.25) is 0 Å². The Morgan fingerprint density at radius 1 is 1.00 bits per heavy atom. The lowest BCUT2D eigenvalue weighted by molar-refractivity contribution is 0.607. The molecular weight excluding hydrogens is 404 g/mol. The first kappa shape index (κ1) is 19.4. The molecule has 0 amide bonds. The van der Waals surface area contributed by atoms with E-state index in [1.54, 1.807) is 28.4 Å². The summed E-state index contributed by atoms with van der Waals surface area (Å²) in [5, 5.41) is 12.3. The van der Waals surface area contributed by atoms with E-state index in [4.69, 9.17) is 4.98 Å². The lowest BCUT2D eigenvalue weighted by atomic mass is 9.97. The maximum Gasteiger partial charge on any atom is 0.223 e. The lowest BCUT2D eigenvalue weighted by Crippen LogP contribution is -2.12. The van der Waals surface area contributed by atoms with Crippen LogP contribution in [0.1, 0.15) is 11.1 Å². The molecule has 0 radical (unpaired) electrons. The van der Waals surface area contributed by atoms with Gasteiger partial charge in [-0.15, -0.1) is 16.4 Å². The molecule has 5 rings (SSSR count). The Kier molecular flexibility index (Phi) is 5.18. The minimum Gasteiger partial charge on any atom is -0.352 e. The van der Waals surface area contributed by atoms with Gasteiger partial charge in [-0.2, -0.15) is 0 Å². The first-order valence-corrected chi connectivity index (χ1v) is 11.0. The van der Waals surface area contributed by atoms with E-state index in [2.05, 4.69) is 76.9 Å². The Labute approximate surface area is 184 Å². The van der Waals surface area contributed by atoms with E-state index in [1.165, 1.54) is 32.3 Å². The van der Waals surface area contributed by atoms with Gasteiger partial charge in [0.15, 0.2) is 0 Å². The van der Waals surface area contributed by atoms with Crippen LogP contribution in [0.5, 0.6) is 0 Å². The molecule has 3 heterocycles. The Bertz CT molecular complexity index is 1340. The summed E-state index contributed by atoms with van der Waals surface area (Å²) in [6.45, 7) is 5.69. The Hall–Kier alpha value is -3.58. The zero-order valence-electron chi connectivity index (χ0n) is 17.4. The quantitative estimate of drug-likeness (QED) is 0.397. The van der Waals surface area contributed by atoms with Crippen molar-refractivity contribution in [1.82, 2.24) is 25.0 Å². The van der Waals surface area contributed by atoms with Crippen LogP contribution in [-0.2, 0) is 6.54 Å². The van der Waals surface area contributed by atoms with Gasteiger partial charge < -0.3 is 5.32 Å². The van der Waals surface area contributed by atoms with Gasteiger partial charge in [-0.1, -0.05) is 47.2 Å². The zero-order valence-corrected chi connectivity index (χ0v) is 18.2. The fourth-order valence-electron chi connectivity index (χ4n) is 3.64. The molecule has 0 aliphatic heterocycles. The van der Waals surface area contributed by atoms with Crippen LogP contribution in [-0.4, -0.2) is 31.5 Å². The summed E-state index contributed by atoms with van der Waals surface area (Å²) in [5.74, 6) is 0.616. The maximum absolute atomic E-state index is 4.73. The number of rotatable bonds is 6. The predicted molar refractivity (Wildman–Crippen MR) is 126 cm³/mol. The maximum atomic E-state index is 4.73. The largest absolute Gasteiger partial charge is 0.352 e. The molecule has 6 nitrogen and oxygen atoms in total. The number of hydrogen-bond donors (Lipinski definition) is 1. The van der Waals surface area contributed by atoms with Gasteiger partial charge in [0.2, 0.25) is 5.95 Å². The topological polar surface area (TPSA) is 68.5 Å². The predicted octanol–water partition coefficient (Wildman–Crippen LogP) is 5.35. The molecule has 0 saturated carbocycles. The molecular formula is C24H22N6S. The van der Waals surface area contributed by atoms with Gasteiger partial charge in [0, 0.05) is 23.6 Å². The summed E-state index contributed by atoms with van der Waals surface area (Å²) in [5.41, 5.74) is 6.04. The number of thiophene rings is 1. The van der Waals surface area contributed by atoms with E-state index in [0.717, 1.165) is 10.6 Å². The first-order valence-electron chi connectivity index (χ1n) is 10.2. The summed E-state index contributed by atoms with van der Waals surface area (Å²) >= 11 is 1.78. The van der Waals surface area contributed by atoms with E-state index in [9.17, 15) is 0 Å². The Balaban J connectivity index is 1.45. The van der Waals surface area contributed by atoms with Crippen molar-refractivity contribution in [2.75, 3.05) is 11.9 Å². The minimum atomic E-state index is 0.616. The normalized spacial score (nSPS) is 11.2. The molecule has 5 aromatic rings. The summed E-state index contributed by atoms with van der Waals surface area (Å²) in [7, 11) is 0. The molecule has 0 aliphatic carbocycles. The fraction of sp³-hybridized carbons (Fsp3) is 0.167. The zero-order chi connectivity index (χ0) is 21.2. The van der Waals surface area contributed by atoms with Crippen molar-refractivity contribution in [3.05, 3.63) is 78.2 Å². The molecule has 1 N–H and O–H groups in total. The van der Waals surface area contributed by atoms with Crippen LogP contribution in [0.4, 0.5) is 5.95 Å². The first-order chi connectivity index (χ1) is 15.2. The molecule has 154 valence electrons. The monoisotopic (exact) mass is 426 g/mol. The van der Waals surface area contributed by atoms with Gasteiger partial charge in [0.05, 0.1) is 23.3 Å². The second kappa shape index (κ2) is 8.28. The van der Waals surface area contributed by atoms with Crippen molar-refractivity contribution in [3.8, 4) is 21.7 Å². The number of nitrogens with zero attached hydrogens (tertiary/aromatic N) is 5. The standard InChI is InChI=1S/C24H22N6S/c1-16-6-7-17(2)20(14-16)19-5-3-4-18-15-22(31-23(18)19)21-8-9-25-24(28-21)26-10-12-30-13-11-27-29-30/h3-9,11,13-15H,10,12H2,1-2H3,(H,25,26,28). The lowest BCUT2D eigenvalue weighted by Gasteiger charge is -2.08. The summed E-state index contributed by atoms with van der Waals surface area (Å²) in [4.78, 5) is 10.2. The van der Waals surface area contributed by atoms with Crippen molar-refractivity contribution < 1.29 is 0 Å². The second-order valence-electron chi connectivity index (χ2n) is 7.51. The summed E-state index contributed by atoms with van der Waals surface area (Å²) < 4.78 is 3.06. The van der Waals surface area contributed by atoms with Gasteiger partial charge >= 0.3 is 0 Å². The Morgan fingerprint density at radius 3 is 2.81 bits per heavy atom. The third-order valence-electron chi connectivity index (χ3n) is 5.23. The SMILES string of the molecule is Cc1ccc(C)c(-c2cccc3cc(-c4ccnc(NCCn5ccnn5)n4)sc23)c1. The number of anilines is 1. The third-order valence-corrected chi connectivity index (χ3v) is 6.44. The van der Waals surface area contributed by atoms with Crippen LogP contribution < -0.4 is 5.32 Å². The van der Waals surface area contributed by atoms with Crippen LogP contribution in [0, 0.1) is 13.8 Å². The van der Waals surface area contributed by atoms with Crippen LogP contribution in [0.25, 0.3) is 31.8 Å². The fourth-order valence-corrected chi connectivity index (χ4v) is 4.80. The molecule has 31 heavy (non-hydrogen) atoms. The highest BCUT2D eigenvalue weighted by molar-refractivity contribution is 7.22. The molecule has 2 aromatic carbocycles. The molecule has 0 bridgehead atoms. The highest BCUT2D eigenvalue weighted by atomic mass is 32.1. The molecule has 0 aliphatic rings. The van der Waals surface area contributed by atoms with E-state index < -0.39 is 0 Å². The summed E-state index contributed by atoms with van der Waals surface area (Å²) in [6, 6.07) is 17.3. The highest BCUT2D eigenvalue weighted by Gasteiger charge is 2.12. The van der Waals surface area contributed by atoms with Crippen molar-refractivity contribution in [3.63, 3.8) is 0 Å². The van der Waals surface area contributed by atoms with Crippen LogP contribution >= 0.6 is 11.3 Å². The van der Waals surface area contributed by atoms with Gasteiger partial charge in [0.1, 0.15) is 0 Å². The van der Waals surface area contributed by atoms with Crippen LogP contribution in [0.15, 0.2) is 67.1 Å². The molecule has 0 fully saturated rings. The van der Waals surface area contributed by atoms with Gasteiger partial charge in [-0.3, -0.25) is 4.68 Å². The molecule has 3 aromatic heterocycles. The van der Waals surface area contributed by atoms with Crippen LogP contribution in [0.3, 0.4) is 0 Å². The highest BCUT2D eigenvalue weighted by Crippen LogP contribution is 2.39. The van der Waals surface area contributed by atoms with Gasteiger partial charge in [-0.25, -0.2) is 9.97 Å². The van der Waals surface area contributed by atoms with E-state index in [-0.39, 0.29) is 0 Å². The average Bonchev–Trinajstić information content (AvgIpc) is 3.45. The number of benzene rings is 2. The Morgan fingerprint density at radius 2 is 1.94 bits per heavy atom. The number of aryl methyl sites for hydroxylation is 2. The van der Waals surface area contributed by atoms with Crippen molar-refractivity contribution >= 4 is 27.4 Å². The number of hydrogen-bond acceptors (Lipinski definition) is 6. The van der Waals surface area contributed by atoms with E-state index in [0.29, 0.717) is 19.0 Å². The summed E-state index contributed by atoms with van der Waals surface area (Å²) in [6.07, 6.45) is 5.31. The van der Waals surface area contributed by atoms with E-state index >= 15 is 0 Å². The third kappa shape index (κ3) is 4.04.